The molecule has 2 aliphatic rings. The predicted molar refractivity (Wildman–Crippen MR) is 95.3 cm³/mol. The first-order chi connectivity index (χ1) is 12.8. The quantitative estimate of drug-likeness (QED) is 0.703. The lowest BCUT2D eigenvalue weighted by atomic mass is 10.1. The molecule has 0 bridgehead atoms. The van der Waals surface area contributed by atoms with Gasteiger partial charge in [-0.15, -0.1) is 0 Å². The van der Waals surface area contributed by atoms with Gasteiger partial charge in [-0.3, -0.25) is 4.79 Å². The summed E-state index contributed by atoms with van der Waals surface area (Å²) in [6.45, 7) is 0. The van der Waals surface area contributed by atoms with Crippen LogP contribution in [0.4, 0.5) is 0 Å². The lowest BCUT2D eigenvalue weighted by Crippen LogP contribution is -2.27. The first-order valence-electron chi connectivity index (χ1n) is 8.02. The molecule has 2 aromatic rings. The number of carbonyl (C=O) groups is 1. The molecule has 2 heterocycles. The summed E-state index contributed by atoms with van der Waals surface area (Å²) in [6, 6.07) is 11.8. The summed E-state index contributed by atoms with van der Waals surface area (Å²) in [5, 5.41) is 11.1. The molecule has 0 N–H and O–H groups in total. The minimum absolute atomic E-state index is 0.00993. The van der Waals surface area contributed by atoms with Crippen molar-refractivity contribution in [2.75, 3.05) is 0 Å². The fourth-order valence-electron chi connectivity index (χ4n) is 3.34. The second-order valence-corrected chi connectivity index (χ2v) is 10.2. The van der Waals surface area contributed by atoms with Crippen LogP contribution in [0.1, 0.15) is 22.0 Å². The van der Waals surface area contributed by atoms with E-state index in [-0.39, 0.29) is 20.9 Å². The van der Waals surface area contributed by atoms with E-state index in [2.05, 4.69) is 0 Å². The van der Waals surface area contributed by atoms with Crippen molar-refractivity contribution in [3.8, 4) is 0 Å². The maximum Gasteiger partial charge on any atom is 0.211 e. The molecule has 0 saturated carbocycles. The molecule has 2 aromatic carbocycles. The van der Waals surface area contributed by atoms with E-state index in [1.807, 2.05) is 0 Å². The van der Waals surface area contributed by atoms with Crippen LogP contribution in [0.15, 0.2) is 81.5 Å². The zero-order valence-electron chi connectivity index (χ0n) is 13.8. The van der Waals surface area contributed by atoms with Gasteiger partial charge >= 0.3 is 0 Å². The molecule has 4 rings (SSSR count). The molecule has 0 fully saturated rings. The highest BCUT2D eigenvalue weighted by Gasteiger charge is 2.39. The zero-order chi connectivity index (χ0) is 19.4. The van der Waals surface area contributed by atoms with Crippen molar-refractivity contribution in [2.24, 2.45) is 0 Å². The molecule has 0 saturated heterocycles. The zero-order valence-corrected chi connectivity index (χ0v) is 15.4. The normalized spacial score (nSPS) is 26.4. The van der Waals surface area contributed by atoms with Crippen molar-refractivity contribution in [3.63, 3.8) is 0 Å². The van der Waals surface area contributed by atoms with Crippen molar-refractivity contribution in [3.05, 3.63) is 82.8 Å². The first kappa shape index (κ1) is 17.8. The molecular weight excluding hydrogens is 388 g/mol. The molecule has 2 aliphatic heterocycles. The van der Waals surface area contributed by atoms with E-state index < -0.39 is 41.7 Å². The van der Waals surface area contributed by atoms with E-state index in [1.54, 1.807) is 12.1 Å². The van der Waals surface area contributed by atoms with Gasteiger partial charge in [0.2, 0.25) is 15.6 Å². The SMILES string of the molecule is O=C1/C(=C/C=C/C2C([O-])c3ccccc3S2(=O)=O)S(=O)(=O)c2ccccc21. The Kier molecular flexibility index (Phi) is 3.95. The van der Waals surface area contributed by atoms with Crippen molar-refractivity contribution in [1.82, 2.24) is 0 Å². The van der Waals surface area contributed by atoms with Crippen LogP contribution in [0, 0.1) is 0 Å². The lowest BCUT2D eigenvalue weighted by Gasteiger charge is -2.20. The molecule has 2 atom stereocenters. The van der Waals surface area contributed by atoms with Crippen LogP contribution in [0.25, 0.3) is 0 Å². The van der Waals surface area contributed by atoms with Crippen LogP contribution in [0.2, 0.25) is 0 Å². The Bertz CT molecular complexity index is 1240. The Hall–Kier alpha value is -2.55. The summed E-state index contributed by atoms with van der Waals surface area (Å²) in [5.41, 5.74) is 0.275. The van der Waals surface area contributed by atoms with E-state index in [4.69, 9.17) is 0 Å². The molecule has 6 nitrogen and oxygen atoms in total. The number of rotatable bonds is 2. The molecular formula is C19H13O6S2-. The van der Waals surface area contributed by atoms with E-state index in [1.165, 1.54) is 36.4 Å². The van der Waals surface area contributed by atoms with Gasteiger partial charge in [-0.1, -0.05) is 48.6 Å². The number of Topliss-reactive ketones (excluding diaryl/α,β-unsaturated/α-hetero) is 1. The number of hydrogen-bond acceptors (Lipinski definition) is 6. The molecule has 0 aliphatic carbocycles. The summed E-state index contributed by atoms with van der Waals surface area (Å²) in [6.07, 6.45) is 1.86. The second-order valence-electron chi connectivity index (χ2n) is 6.21. The molecule has 8 heteroatoms. The van der Waals surface area contributed by atoms with Crippen LogP contribution in [-0.2, 0) is 19.7 Å². The molecule has 27 heavy (non-hydrogen) atoms. The standard InChI is InChI=1S/C19H13O6S2/c20-18-12-6-1-3-8-14(12)26(22,23)16(18)10-5-11-17-19(21)13-7-2-4-9-15(13)27(17,24)25/h1-11,16,18H/q-1/b10-5+,17-11-. The average molecular weight is 401 g/mol. The van der Waals surface area contributed by atoms with E-state index in [9.17, 15) is 26.7 Å². The largest absolute Gasteiger partial charge is 0.847 e. The van der Waals surface area contributed by atoms with Crippen molar-refractivity contribution in [2.45, 2.75) is 21.1 Å². The fourth-order valence-corrected chi connectivity index (χ4v) is 6.75. The van der Waals surface area contributed by atoms with Crippen molar-refractivity contribution < 1.29 is 26.7 Å². The van der Waals surface area contributed by atoms with Gasteiger partial charge in [-0.25, -0.2) is 16.8 Å². The van der Waals surface area contributed by atoms with Crippen molar-refractivity contribution >= 4 is 25.5 Å². The van der Waals surface area contributed by atoms with Gasteiger partial charge in [0.25, 0.3) is 0 Å². The smallest absolute Gasteiger partial charge is 0.211 e. The maximum absolute atomic E-state index is 12.5. The minimum Gasteiger partial charge on any atom is -0.847 e. The Morgan fingerprint density at radius 3 is 2.19 bits per heavy atom. The van der Waals surface area contributed by atoms with Crippen LogP contribution < -0.4 is 5.11 Å². The lowest BCUT2D eigenvalue weighted by molar-refractivity contribution is -0.423. The van der Waals surface area contributed by atoms with Gasteiger partial charge in [0.15, 0.2) is 9.84 Å². The maximum atomic E-state index is 12.5. The van der Waals surface area contributed by atoms with Crippen molar-refractivity contribution in [1.29, 1.82) is 0 Å². The third-order valence-electron chi connectivity index (χ3n) is 4.67. The van der Waals surface area contributed by atoms with E-state index in [0.717, 1.165) is 18.2 Å². The number of carbonyl (C=O) groups excluding carboxylic acids is 1. The summed E-state index contributed by atoms with van der Waals surface area (Å²) in [5.74, 6) is -0.647. The highest BCUT2D eigenvalue weighted by molar-refractivity contribution is 7.97. The number of hydrogen-bond donors (Lipinski definition) is 0. The summed E-state index contributed by atoms with van der Waals surface area (Å²) in [4.78, 5) is 11.8. The van der Waals surface area contributed by atoms with Crippen LogP contribution in [0.5, 0.6) is 0 Å². The third-order valence-corrected chi connectivity index (χ3v) is 8.61. The number of benzene rings is 2. The molecule has 138 valence electrons. The molecule has 2 unspecified atom stereocenters. The van der Waals surface area contributed by atoms with Crippen LogP contribution in [-0.4, -0.2) is 27.9 Å². The summed E-state index contributed by atoms with van der Waals surface area (Å²) in [7, 11) is -7.80. The van der Waals surface area contributed by atoms with Gasteiger partial charge in [0.1, 0.15) is 4.91 Å². The molecule has 0 radical (unpaired) electrons. The Morgan fingerprint density at radius 1 is 0.889 bits per heavy atom. The number of allylic oxidation sites excluding steroid dienone is 3. The van der Waals surface area contributed by atoms with E-state index in [0.29, 0.717) is 0 Å². The third kappa shape index (κ3) is 2.52. The highest BCUT2D eigenvalue weighted by Crippen LogP contribution is 2.38. The first-order valence-corrected chi connectivity index (χ1v) is 11.0. The van der Waals surface area contributed by atoms with Crippen LogP contribution >= 0.6 is 0 Å². The summed E-state index contributed by atoms with van der Waals surface area (Å²) < 4.78 is 50.0. The van der Waals surface area contributed by atoms with Gasteiger partial charge in [-0.05, 0) is 29.8 Å². The summed E-state index contributed by atoms with van der Waals surface area (Å²) >= 11 is 0. The average Bonchev–Trinajstić information content (AvgIpc) is 2.96. The van der Waals surface area contributed by atoms with Gasteiger partial charge in [0, 0.05) is 5.56 Å². The topological polar surface area (TPSA) is 108 Å². The second kappa shape index (κ2) is 5.98. The molecule has 0 aromatic heterocycles. The molecule has 0 spiro atoms. The Labute approximate surface area is 156 Å². The van der Waals surface area contributed by atoms with Gasteiger partial charge in [-0.2, -0.15) is 0 Å². The van der Waals surface area contributed by atoms with Gasteiger partial charge in [0.05, 0.1) is 15.0 Å². The highest BCUT2D eigenvalue weighted by atomic mass is 32.2. The number of ketones is 1. The fraction of sp³-hybridized carbons (Fsp3) is 0.105. The minimum atomic E-state index is -3.95. The van der Waals surface area contributed by atoms with E-state index >= 15 is 0 Å². The molecule has 0 amide bonds. The van der Waals surface area contributed by atoms with Crippen LogP contribution in [0.3, 0.4) is 0 Å². The monoisotopic (exact) mass is 401 g/mol. The number of sulfone groups is 2. The number of fused-ring (bicyclic) bond motifs is 2. The predicted octanol–water partition coefficient (Wildman–Crippen LogP) is 1.35. The Morgan fingerprint density at radius 2 is 1.52 bits per heavy atom. The Balaban J connectivity index is 1.71. The van der Waals surface area contributed by atoms with Gasteiger partial charge < -0.3 is 5.11 Å².